The van der Waals surface area contributed by atoms with Gasteiger partial charge >= 0.3 is 0 Å². The Labute approximate surface area is 109 Å². The third-order valence-corrected chi connectivity index (χ3v) is 3.08. The van der Waals surface area contributed by atoms with E-state index in [2.05, 4.69) is 10.3 Å². The molecule has 0 fully saturated rings. The molecule has 0 spiro atoms. The number of amides is 1. The number of hydrogen-bond donors (Lipinski definition) is 2. The summed E-state index contributed by atoms with van der Waals surface area (Å²) in [5, 5.41) is 2.94. The zero-order valence-electron chi connectivity index (χ0n) is 11.6. The first kappa shape index (κ1) is 14.6. The molecule has 0 aromatic carbocycles. The molecule has 0 aliphatic carbocycles. The molecule has 0 aliphatic heterocycles. The van der Waals surface area contributed by atoms with Crippen molar-refractivity contribution in [3.63, 3.8) is 0 Å². The molecule has 2 atom stereocenters. The fraction of sp³-hybridized carbons (Fsp3) is 0.571. The van der Waals surface area contributed by atoms with Crippen LogP contribution in [0.5, 0.6) is 0 Å². The Morgan fingerprint density at radius 1 is 1.50 bits per heavy atom. The smallest absolute Gasteiger partial charge is 0.222 e. The van der Waals surface area contributed by atoms with Crippen LogP contribution in [0.3, 0.4) is 0 Å². The average Bonchev–Trinajstić information content (AvgIpc) is 2.28. The number of carbonyl (C=O) groups excluding carboxylic acids is 1. The predicted octanol–water partition coefficient (Wildman–Crippen LogP) is 2.02. The van der Waals surface area contributed by atoms with Crippen LogP contribution in [0.2, 0.25) is 0 Å². The number of nitrogens with zero attached hydrogens (tertiary/aromatic N) is 1. The molecule has 1 rings (SSSR count). The van der Waals surface area contributed by atoms with Gasteiger partial charge in [0.15, 0.2) is 0 Å². The van der Waals surface area contributed by atoms with E-state index in [0.717, 1.165) is 5.56 Å². The molecule has 1 unspecified atom stereocenters. The highest BCUT2D eigenvalue weighted by molar-refractivity contribution is 5.77. The van der Waals surface area contributed by atoms with Crippen LogP contribution in [0.15, 0.2) is 24.5 Å². The van der Waals surface area contributed by atoms with Gasteiger partial charge in [0.2, 0.25) is 5.91 Å². The van der Waals surface area contributed by atoms with Crippen LogP contribution in [0.25, 0.3) is 0 Å². The van der Waals surface area contributed by atoms with Crippen molar-refractivity contribution >= 4 is 5.91 Å². The summed E-state index contributed by atoms with van der Waals surface area (Å²) in [5.74, 6) is -0.0196. The van der Waals surface area contributed by atoms with Gasteiger partial charge in [0.05, 0.1) is 6.04 Å². The van der Waals surface area contributed by atoms with E-state index >= 15 is 0 Å². The van der Waals surface area contributed by atoms with Crippen LogP contribution in [-0.4, -0.2) is 16.9 Å². The summed E-state index contributed by atoms with van der Waals surface area (Å²) in [4.78, 5) is 15.9. The first-order valence-corrected chi connectivity index (χ1v) is 6.25. The monoisotopic (exact) mass is 249 g/mol. The standard InChI is InChI=1S/C14H23N3O/c1-10(11-6-5-7-16-9-11)17-13(18)8-12(15)14(2,3)4/h5-7,9-10,12H,8,15H2,1-4H3,(H,17,18)/t10-,12?/m0/s1. The first-order chi connectivity index (χ1) is 8.30. The van der Waals surface area contributed by atoms with E-state index in [4.69, 9.17) is 5.73 Å². The minimum Gasteiger partial charge on any atom is -0.349 e. The maximum atomic E-state index is 11.9. The summed E-state index contributed by atoms with van der Waals surface area (Å²) in [6.45, 7) is 8.05. The Morgan fingerprint density at radius 3 is 2.67 bits per heavy atom. The molecule has 0 radical (unpaired) electrons. The predicted molar refractivity (Wildman–Crippen MR) is 72.8 cm³/mol. The number of hydrogen-bond acceptors (Lipinski definition) is 3. The molecule has 1 aromatic rings. The van der Waals surface area contributed by atoms with Gasteiger partial charge < -0.3 is 11.1 Å². The van der Waals surface area contributed by atoms with Crippen molar-refractivity contribution in [3.05, 3.63) is 30.1 Å². The van der Waals surface area contributed by atoms with Crippen molar-refractivity contribution in [1.82, 2.24) is 10.3 Å². The van der Waals surface area contributed by atoms with Crippen molar-refractivity contribution in [1.29, 1.82) is 0 Å². The normalized spacial score (nSPS) is 14.9. The lowest BCUT2D eigenvalue weighted by molar-refractivity contribution is -0.122. The second-order valence-electron chi connectivity index (χ2n) is 5.75. The van der Waals surface area contributed by atoms with E-state index in [9.17, 15) is 4.79 Å². The fourth-order valence-corrected chi connectivity index (χ4v) is 1.52. The lowest BCUT2D eigenvalue weighted by Crippen LogP contribution is -2.40. The summed E-state index contributed by atoms with van der Waals surface area (Å²) in [6, 6.07) is 3.62. The Kier molecular flexibility index (Phi) is 4.84. The number of nitrogens with one attached hydrogen (secondary N) is 1. The second kappa shape index (κ2) is 5.96. The number of pyridine rings is 1. The molecule has 1 amide bonds. The number of nitrogens with two attached hydrogens (primary N) is 1. The zero-order valence-corrected chi connectivity index (χ0v) is 11.6. The molecular weight excluding hydrogens is 226 g/mol. The molecule has 3 N–H and O–H groups in total. The van der Waals surface area contributed by atoms with Gasteiger partial charge in [-0.05, 0) is 24.0 Å². The zero-order chi connectivity index (χ0) is 13.8. The Balaban J connectivity index is 2.51. The highest BCUT2D eigenvalue weighted by Crippen LogP contribution is 2.20. The van der Waals surface area contributed by atoms with E-state index in [1.165, 1.54) is 0 Å². The van der Waals surface area contributed by atoms with Crippen molar-refractivity contribution in [2.45, 2.75) is 46.2 Å². The third-order valence-electron chi connectivity index (χ3n) is 3.08. The quantitative estimate of drug-likeness (QED) is 0.858. The minimum atomic E-state index is -0.140. The van der Waals surface area contributed by atoms with Crippen molar-refractivity contribution in [3.8, 4) is 0 Å². The van der Waals surface area contributed by atoms with E-state index in [1.54, 1.807) is 12.4 Å². The van der Waals surface area contributed by atoms with Gasteiger partial charge in [0.1, 0.15) is 0 Å². The molecule has 0 bridgehead atoms. The molecule has 1 aromatic heterocycles. The molecule has 4 heteroatoms. The van der Waals surface area contributed by atoms with Gasteiger partial charge in [-0.15, -0.1) is 0 Å². The molecule has 1 heterocycles. The number of carbonyl (C=O) groups is 1. The lowest BCUT2D eigenvalue weighted by atomic mass is 9.85. The molecule has 4 nitrogen and oxygen atoms in total. The number of rotatable bonds is 4. The largest absolute Gasteiger partial charge is 0.349 e. The molecular formula is C14H23N3O. The van der Waals surface area contributed by atoms with Gasteiger partial charge in [-0.3, -0.25) is 9.78 Å². The highest BCUT2D eigenvalue weighted by atomic mass is 16.1. The highest BCUT2D eigenvalue weighted by Gasteiger charge is 2.23. The lowest BCUT2D eigenvalue weighted by Gasteiger charge is -2.27. The third kappa shape index (κ3) is 4.45. The van der Waals surface area contributed by atoms with E-state index in [-0.39, 0.29) is 23.4 Å². The van der Waals surface area contributed by atoms with Crippen molar-refractivity contribution < 1.29 is 4.79 Å². The number of aromatic nitrogens is 1. The van der Waals surface area contributed by atoms with Crippen LogP contribution in [0, 0.1) is 5.41 Å². The van der Waals surface area contributed by atoms with Gasteiger partial charge in [-0.25, -0.2) is 0 Å². The molecule has 18 heavy (non-hydrogen) atoms. The maximum absolute atomic E-state index is 11.9. The van der Waals surface area contributed by atoms with Crippen LogP contribution in [-0.2, 0) is 4.79 Å². The van der Waals surface area contributed by atoms with Crippen LogP contribution in [0.4, 0.5) is 0 Å². The summed E-state index contributed by atoms with van der Waals surface area (Å²) in [7, 11) is 0. The first-order valence-electron chi connectivity index (χ1n) is 6.25. The van der Waals surface area contributed by atoms with Crippen molar-refractivity contribution in [2.75, 3.05) is 0 Å². The van der Waals surface area contributed by atoms with E-state index in [0.29, 0.717) is 6.42 Å². The van der Waals surface area contributed by atoms with Crippen molar-refractivity contribution in [2.24, 2.45) is 11.1 Å². The van der Waals surface area contributed by atoms with Gasteiger partial charge in [0, 0.05) is 24.9 Å². The Bertz CT molecular complexity index is 384. The average molecular weight is 249 g/mol. The van der Waals surface area contributed by atoms with Gasteiger partial charge in [-0.1, -0.05) is 26.8 Å². The summed E-state index contributed by atoms with van der Waals surface area (Å²) in [5.41, 5.74) is 6.93. The maximum Gasteiger partial charge on any atom is 0.222 e. The van der Waals surface area contributed by atoms with Gasteiger partial charge in [0.25, 0.3) is 0 Å². The van der Waals surface area contributed by atoms with Crippen LogP contribution >= 0.6 is 0 Å². The molecule has 0 saturated carbocycles. The molecule has 100 valence electrons. The molecule has 0 aliphatic rings. The topological polar surface area (TPSA) is 68.0 Å². The SMILES string of the molecule is C[C@H](NC(=O)CC(N)C(C)(C)C)c1cccnc1. The van der Waals surface area contributed by atoms with Gasteiger partial charge in [-0.2, -0.15) is 0 Å². The Morgan fingerprint density at radius 2 is 2.17 bits per heavy atom. The second-order valence-corrected chi connectivity index (χ2v) is 5.75. The summed E-state index contributed by atoms with van der Waals surface area (Å²) in [6.07, 6.45) is 3.82. The minimum absolute atomic E-state index is 0.0196. The Hall–Kier alpha value is -1.42. The van der Waals surface area contributed by atoms with Crippen LogP contribution in [0.1, 0.15) is 45.7 Å². The van der Waals surface area contributed by atoms with E-state index < -0.39 is 0 Å². The summed E-state index contributed by atoms with van der Waals surface area (Å²) < 4.78 is 0. The van der Waals surface area contributed by atoms with E-state index in [1.807, 2.05) is 39.8 Å². The summed E-state index contributed by atoms with van der Waals surface area (Å²) >= 11 is 0. The van der Waals surface area contributed by atoms with Crippen LogP contribution < -0.4 is 11.1 Å². The molecule has 0 saturated heterocycles. The fourth-order valence-electron chi connectivity index (χ4n) is 1.52.